The Morgan fingerprint density at radius 3 is 2.37 bits per heavy atom. The largest absolute Gasteiger partial charge is 0.302 e. The number of hydrogen-bond donors (Lipinski definition) is 0. The van der Waals surface area contributed by atoms with Gasteiger partial charge >= 0.3 is 0 Å². The van der Waals surface area contributed by atoms with Crippen LogP contribution in [0, 0.1) is 0 Å². The third kappa shape index (κ3) is 3.58. The Morgan fingerprint density at radius 1 is 0.842 bits per heavy atom. The van der Waals surface area contributed by atoms with Crippen LogP contribution in [0.25, 0.3) is 0 Å². The lowest BCUT2D eigenvalue weighted by Gasteiger charge is -2.28. The van der Waals surface area contributed by atoms with Gasteiger partial charge in [0.05, 0.1) is 0 Å². The fraction of sp³-hybridized carbons (Fsp3) is 0.647. The van der Waals surface area contributed by atoms with E-state index in [0.29, 0.717) is 0 Å². The average Bonchev–Trinajstić information content (AvgIpc) is 2.96. The van der Waals surface area contributed by atoms with Crippen molar-refractivity contribution in [3.05, 3.63) is 35.9 Å². The first-order chi connectivity index (χ1) is 9.42. The number of rotatable bonds is 4. The molecule has 19 heavy (non-hydrogen) atoms. The molecule has 3 rings (SSSR count). The fourth-order valence-corrected chi connectivity index (χ4v) is 3.50. The molecule has 1 atom stereocenters. The highest BCUT2D eigenvalue weighted by Gasteiger charge is 2.23. The molecule has 0 aliphatic carbocycles. The van der Waals surface area contributed by atoms with Crippen molar-refractivity contribution in [3.8, 4) is 0 Å². The molecular weight excluding hydrogens is 232 g/mol. The van der Waals surface area contributed by atoms with Crippen LogP contribution in [-0.4, -0.2) is 49.1 Å². The Labute approximate surface area is 117 Å². The summed E-state index contributed by atoms with van der Waals surface area (Å²) < 4.78 is 0. The van der Waals surface area contributed by atoms with Crippen molar-refractivity contribution in [2.75, 3.05) is 39.3 Å². The minimum absolute atomic E-state index is 0.766. The smallest absolute Gasteiger partial charge is 0.0110 e. The van der Waals surface area contributed by atoms with E-state index in [1.54, 1.807) is 0 Å². The highest BCUT2D eigenvalue weighted by Crippen LogP contribution is 2.26. The van der Waals surface area contributed by atoms with Gasteiger partial charge in [0.2, 0.25) is 0 Å². The van der Waals surface area contributed by atoms with Crippen molar-refractivity contribution < 1.29 is 0 Å². The molecule has 2 aliphatic rings. The quantitative estimate of drug-likeness (QED) is 0.819. The maximum absolute atomic E-state index is 2.66. The Hall–Kier alpha value is -0.860. The Morgan fingerprint density at radius 2 is 1.58 bits per heavy atom. The van der Waals surface area contributed by atoms with Gasteiger partial charge in [0.15, 0.2) is 0 Å². The third-order valence-electron chi connectivity index (χ3n) is 4.72. The lowest BCUT2D eigenvalue weighted by atomic mass is 9.99. The van der Waals surface area contributed by atoms with E-state index < -0.39 is 0 Å². The molecule has 104 valence electrons. The summed E-state index contributed by atoms with van der Waals surface area (Å²) in [5.41, 5.74) is 1.53. The van der Waals surface area contributed by atoms with E-state index >= 15 is 0 Å². The second-order valence-electron chi connectivity index (χ2n) is 6.10. The molecule has 2 aliphatic heterocycles. The van der Waals surface area contributed by atoms with Crippen LogP contribution in [0.5, 0.6) is 0 Å². The molecule has 2 saturated heterocycles. The molecule has 0 spiro atoms. The summed E-state index contributed by atoms with van der Waals surface area (Å²) in [6.45, 7) is 7.75. The number of benzene rings is 1. The number of piperidine rings is 1. The van der Waals surface area contributed by atoms with E-state index in [1.807, 2.05) is 0 Å². The Kier molecular flexibility index (Phi) is 4.52. The van der Waals surface area contributed by atoms with Crippen LogP contribution in [0.4, 0.5) is 0 Å². The molecule has 0 N–H and O–H groups in total. The maximum Gasteiger partial charge on any atom is 0.0110 e. The van der Waals surface area contributed by atoms with Gasteiger partial charge in [-0.05, 0) is 50.4 Å². The average molecular weight is 258 g/mol. The van der Waals surface area contributed by atoms with E-state index in [1.165, 1.54) is 70.5 Å². The van der Waals surface area contributed by atoms with E-state index in [4.69, 9.17) is 0 Å². The molecule has 0 bridgehead atoms. The molecule has 0 unspecified atom stereocenters. The van der Waals surface area contributed by atoms with E-state index in [-0.39, 0.29) is 0 Å². The molecule has 0 saturated carbocycles. The Bertz CT molecular complexity index is 370. The highest BCUT2D eigenvalue weighted by molar-refractivity contribution is 5.20. The molecule has 2 nitrogen and oxygen atoms in total. The summed E-state index contributed by atoms with van der Waals surface area (Å²) in [5, 5.41) is 0. The molecule has 2 heterocycles. The van der Waals surface area contributed by atoms with Gasteiger partial charge in [-0.1, -0.05) is 36.8 Å². The normalized spacial score (nSPS) is 25.8. The molecule has 2 heteroatoms. The van der Waals surface area contributed by atoms with Crippen LogP contribution in [0.2, 0.25) is 0 Å². The van der Waals surface area contributed by atoms with E-state index in [9.17, 15) is 0 Å². The molecule has 2 fully saturated rings. The van der Waals surface area contributed by atoms with Gasteiger partial charge in [-0.15, -0.1) is 0 Å². The molecule has 0 aromatic heterocycles. The predicted molar refractivity (Wildman–Crippen MR) is 80.5 cm³/mol. The monoisotopic (exact) mass is 258 g/mol. The summed E-state index contributed by atoms with van der Waals surface area (Å²) in [4.78, 5) is 5.31. The van der Waals surface area contributed by atoms with Crippen molar-refractivity contribution in [2.24, 2.45) is 0 Å². The van der Waals surface area contributed by atoms with Crippen molar-refractivity contribution in [3.63, 3.8) is 0 Å². The third-order valence-corrected chi connectivity index (χ3v) is 4.72. The number of hydrogen-bond acceptors (Lipinski definition) is 2. The lowest BCUT2D eigenvalue weighted by molar-refractivity contribution is 0.195. The minimum Gasteiger partial charge on any atom is -0.302 e. The summed E-state index contributed by atoms with van der Waals surface area (Å²) in [5.74, 6) is 0.766. The van der Waals surface area contributed by atoms with Gasteiger partial charge < -0.3 is 9.80 Å². The van der Waals surface area contributed by atoms with E-state index in [0.717, 1.165) is 5.92 Å². The zero-order valence-electron chi connectivity index (χ0n) is 11.9. The molecule has 0 radical (unpaired) electrons. The van der Waals surface area contributed by atoms with Gasteiger partial charge in [0.1, 0.15) is 0 Å². The summed E-state index contributed by atoms with van der Waals surface area (Å²) >= 11 is 0. The second kappa shape index (κ2) is 6.53. The SMILES string of the molecule is c1ccc([C@@H]2CCN(CCN3CCCCC3)C2)cc1. The molecule has 1 aromatic carbocycles. The summed E-state index contributed by atoms with van der Waals surface area (Å²) in [7, 11) is 0. The van der Waals surface area contributed by atoms with Crippen molar-refractivity contribution >= 4 is 0 Å². The van der Waals surface area contributed by atoms with Crippen LogP contribution in [0.15, 0.2) is 30.3 Å². The van der Waals surface area contributed by atoms with Crippen LogP contribution >= 0.6 is 0 Å². The lowest BCUT2D eigenvalue weighted by Crippen LogP contribution is -2.37. The van der Waals surface area contributed by atoms with Crippen LogP contribution in [0.3, 0.4) is 0 Å². The van der Waals surface area contributed by atoms with Crippen molar-refractivity contribution in [1.29, 1.82) is 0 Å². The first-order valence-corrected chi connectivity index (χ1v) is 7.91. The zero-order valence-corrected chi connectivity index (χ0v) is 11.9. The summed E-state index contributed by atoms with van der Waals surface area (Å²) in [6.07, 6.45) is 5.60. The maximum atomic E-state index is 2.66. The van der Waals surface area contributed by atoms with Gasteiger partial charge in [-0.25, -0.2) is 0 Å². The second-order valence-corrected chi connectivity index (χ2v) is 6.10. The Balaban J connectivity index is 1.44. The first kappa shape index (κ1) is 13.1. The predicted octanol–water partition coefficient (Wildman–Crippen LogP) is 2.96. The fourth-order valence-electron chi connectivity index (χ4n) is 3.50. The standard InChI is InChI=1S/C17H26N2/c1-3-7-16(8-4-1)17-9-12-19(15-17)14-13-18-10-5-2-6-11-18/h1,3-4,7-8,17H,2,5-6,9-15H2/t17-/m1/s1. The minimum atomic E-state index is 0.766. The summed E-state index contributed by atoms with van der Waals surface area (Å²) in [6, 6.07) is 11.0. The van der Waals surface area contributed by atoms with Gasteiger partial charge in [-0.2, -0.15) is 0 Å². The van der Waals surface area contributed by atoms with Gasteiger partial charge in [0, 0.05) is 19.6 Å². The van der Waals surface area contributed by atoms with Gasteiger partial charge in [-0.3, -0.25) is 0 Å². The highest BCUT2D eigenvalue weighted by atomic mass is 15.2. The number of nitrogens with zero attached hydrogens (tertiary/aromatic N) is 2. The molecular formula is C17H26N2. The van der Waals surface area contributed by atoms with Crippen LogP contribution in [-0.2, 0) is 0 Å². The topological polar surface area (TPSA) is 6.48 Å². The van der Waals surface area contributed by atoms with Crippen molar-refractivity contribution in [2.45, 2.75) is 31.6 Å². The molecule has 1 aromatic rings. The molecule has 0 amide bonds. The van der Waals surface area contributed by atoms with Crippen LogP contribution in [0.1, 0.15) is 37.2 Å². The van der Waals surface area contributed by atoms with Crippen molar-refractivity contribution in [1.82, 2.24) is 9.80 Å². The van der Waals surface area contributed by atoms with Gasteiger partial charge in [0.25, 0.3) is 0 Å². The number of likely N-dealkylation sites (tertiary alicyclic amines) is 2. The van der Waals surface area contributed by atoms with Crippen LogP contribution < -0.4 is 0 Å². The zero-order chi connectivity index (χ0) is 12.9. The first-order valence-electron chi connectivity index (χ1n) is 7.91. The van der Waals surface area contributed by atoms with E-state index in [2.05, 4.69) is 40.1 Å².